The molecule has 0 aliphatic rings. The van der Waals surface area contributed by atoms with E-state index >= 15 is 0 Å². The zero-order chi connectivity index (χ0) is 14.5. The number of likely N-dealkylation sites (N-methyl/N-ethyl adjacent to an activating group) is 1. The van der Waals surface area contributed by atoms with Crippen molar-refractivity contribution in [3.8, 4) is 0 Å². The summed E-state index contributed by atoms with van der Waals surface area (Å²) in [5.41, 5.74) is 1.49. The van der Waals surface area contributed by atoms with Gasteiger partial charge in [-0.3, -0.25) is 4.79 Å². The first-order valence-electron chi connectivity index (χ1n) is 6.92. The number of nitrogens with zero attached hydrogens (tertiary/aromatic N) is 1. The zero-order valence-electron chi connectivity index (χ0n) is 11.9. The van der Waals surface area contributed by atoms with Crippen molar-refractivity contribution in [3.63, 3.8) is 0 Å². The van der Waals surface area contributed by atoms with Crippen molar-refractivity contribution in [2.75, 3.05) is 26.2 Å². The number of hydrogen-bond acceptors (Lipinski definition) is 2. The van der Waals surface area contributed by atoms with Crippen molar-refractivity contribution in [2.45, 2.75) is 13.8 Å². The van der Waals surface area contributed by atoms with Crippen LogP contribution in [0.2, 0.25) is 5.02 Å². The molecule has 108 valence electrons. The van der Waals surface area contributed by atoms with Gasteiger partial charge >= 0.3 is 0 Å². The third-order valence-corrected chi connectivity index (χ3v) is 3.67. The standard InChI is InChI=1S/C15H20ClN3O/c1-3-19(4-2)8-7-17-15(20)14-10-11-9-12(16)5-6-13(11)18-14/h5-6,9-10,18H,3-4,7-8H2,1-2H3,(H,17,20). The summed E-state index contributed by atoms with van der Waals surface area (Å²) in [4.78, 5) is 17.4. The Morgan fingerprint density at radius 2 is 2.05 bits per heavy atom. The summed E-state index contributed by atoms with van der Waals surface area (Å²) in [5, 5.41) is 4.55. The van der Waals surface area contributed by atoms with Crippen LogP contribution in [0.4, 0.5) is 0 Å². The molecule has 0 bridgehead atoms. The normalized spacial score (nSPS) is 11.2. The van der Waals surface area contributed by atoms with Gasteiger partial charge in [-0.15, -0.1) is 0 Å². The highest BCUT2D eigenvalue weighted by atomic mass is 35.5. The van der Waals surface area contributed by atoms with E-state index in [9.17, 15) is 4.79 Å². The molecule has 2 N–H and O–H groups in total. The number of carbonyl (C=O) groups is 1. The number of rotatable bonds is 6. The molecule has 20 heavy (non-hydrogen) atoms. The number of H-pyrrole nitrogens is 1. The minimum absolute atomic E-state index is 0.0792. The summed E-state index contributed by atoms with van der Waals surface area (Å²) < 4.78 is 0. The van der Waals surface area contributed by atoms with E-state index < -0.39 is 0 Å². The van der Waals surface area contributed by atoms with Crippen LogP contribution in [0.25, 0.3) is 10.9 Å². The monoisotopic (exact) mass is 293 g/mol. The quantitative estimate of drug-likeness (QED) is 0.860. The molecule has 0 fully saturated rings. The van der Waals surface area contributed by atoms with Gasteiger partial charge in [0.25, 0.3) is 5.91 Å². The van der Waals surface area contributed by atoms with Gasteiger partial charge in [0.2, 0.25) is 0 Å². The average molecular weight is 294 g/mol. The molecular weight excluding hydrogens is 274 g/mol. The minimum Gasteiger partial charge on any atom is -0.351 e. The van der Waals surface area contributed by atoms with Crippen LogP contribution in [0.1, 0.15) is 24.3 Å². The zero-order valence-corrected chi connectivity index (χ0v) is 12.6. The number of halogens is 1. The number of aromatic amines is 1. The highest BCUT2D eigenvalue weighted by molar-refractivity contribution is 6.31. The fourth-order valence-corrected chi connectivity index (χ4v) is 2.37. The second-order valence-corrected chi connectivity index (χ2v) is 5.13. The molecule has 1 amide bonds. The second-order valence-electron chi connectivity index (χ2n) is 4.70. The first-order valence-corrected chi connectivity index (χ1v) is 7.30. The number of aromatic nitrogens is 1. The highest BCUT2D eigenvalue weighted by Gasteiger charge is 2.09. The number of benzene rings is 1. The van der Waals surface area contributed by atoms with Gasteiger partial charge < -0.3 is 15.2 Å². The Kier molecular flexibility index (Phi) is 5.04. The highest BCUT2D eigenvalue weighted by Crippen LogP contribution is 2.19. The molecule has 1 aromatic heterocycles. The molecule has 0 atom stereocenters. The van der Waals surface area contributed by atoms with E-state index in [0.717, 1.165) is 30.5 Å². The maximum absolute atomic E-state index is 12.1. The first kappa shape index (κ1) is 14.9. The van der Waals surface area contributed by atoms with Gasteiger partial charge in [0.1, 0.15) is 5.69 Å². The van der Waals surface area contributed by atoms with E-state index in [4.69, 9.17) is 11.6 Å². The van der Waals surface area contributed by atoms with E-state index in [-0.39, 0.29) is 5.91 Å². The molecule has 2 aromatic rings. The Hall–Kier alpha value is -1.52. The molecule has 2 rings (SSSR count). The van der Waals surface area contributed by atoms with Gasteiger partial charge in [0.05, 0.1) is 0 Å². The Labute approximate surface area is 124 Å². The van der Waals surface area contributed by atoms with Crippen molar-refractivity contribution in [1.29, 1.82) is 0 Å². The largest absolute Gasteiger partial charge is 0.351 e. The molecule has 0 aliphatic carbocycles. The van der Waals surface area contributed by atoms with Crippen LogP contribution in [-0.2, 0) is 0 Å². The summed E-state index contributed by atoms with van der Waals surface area (Å²) >= 11 is 5.94. The Morgan fingerprint density at radius 3 is 2.75 bits per heavy atom. The lowest BCUT2D eigenvalue weighted by molar-refractivity contribution is 0.0945. The molecule has 0 aliphatic heterocycles. The Morgan fingerprint density at radius 1 is 1.30 bits per heavy atom. The van der Waals surface area contributed by atoms with E-state index in [1.54, 1.807) is 0 Å². The van der Waals surface area contributed by atoms with Crippen LogP contribution in [0.5, 0.6) is 0 Å². The van der Waals surface area contributed by atoms with Crippen molar-refractivity contribution >= 4 is 28.4 Å². The summed E-state index contributed by atoms with van der Waals surface area (Å²) in [6.07, 6.45) is 0. The number of amides is 1. The summed E-state index contributed by atoms with van der Waals surface area (Å²) in [6, 6.07) is 7.36. The van der Waals surface area contributed by atoms with Gasteiger partial charge in [-0.1, -0.05) is 25.4 Å². The van der Waals surface area contributed by atoms with Gasteiger partial charge in [-0.05, 0) is 37.4 Å². The molecule has 1 heterocycles. The summed E-state index contributed by atoms with van der Waals surface area (Å²) in [5.74, 6) is -0.0792. The molecule has 5 heteroatoms. The van der Waals surface area contributed by atoms with Crippen molar-refractivity contribution in [3.05, 3.63) is 35.0 Å². The Balaban J connectivity index is 1.97. The molecule has 0 radical (unpaired) electrons. The fraction of sp³-hybridized carbons (Fsp3) is 0.400. The molecule has 4 nitrogen and oxygen atoms in total. The van der Waals surface area contributed by atoms with Crippen LogP contribution >= 0.6 is 11.6 Å². The van der Waals surface area contributed by atoms with Gasteiger partial charge in [-0.2, -0.15) is 0 Å². The van der Waals surface area contributed by atoms with Crippen molar-refractivity contribution in [2.24, 2.45) is 0 Å². The molecule has 0 spiro atoms. The Bertz CT molecular complexity index is 590. The van der Waals surface area contributed by atoms with Crippen LogP contribution in [0, 0.1) is 0 Å². The van der Waals surface area contributed by atoms with Crippen LogP contribution in [0.3, 0.4) is 0 Å². The number of carbonyl (C=O) groups excluding carboxylic acids is 1. The summed E-state index contributed by atoms with van der Waals surface area (Å²) in [6.45, 7) is 7.75. The lowest BCUT2D eigenvalue weighted by Gasteiger charge is -2.17. The molecule has 0 unspecified atom stereocenters. The predicted octanol–water partition coefficient (Wildman–Crippen LogP) is 2.89. The van der Waals surface area contributed by atoms with Gasteiger partial charge in [-0.25, -0.2) is 0 Å². The SMILES string of the molecule is CCN(CC)CCNC(=O)c1cc2cc(Cl)ccc2[nH]1. The maximum Gasteiger partial charge on any atom is 0.267 e. The van der Waals surface area contributed by atoms with Crippen molar-refractivity contribution in [1.82, 2.24) is 15.2 Å². The van der Waals surface area contributed by atoms with E-state index in [2.05, 4.69) is 29.0 Å². The molecule has 0 saturated heterocycles. The van der Waals surface area contributed by atoms with E-state index in [0.29, 0.717) is 17.3 Å². The lowest BCUT2D eigenvalue weighted by atomic mass is 10.2. The maximum atomic E-state index is 12.1. The number of hydrogen-bond donors (Lipinski definition) is 2. The second kappa shape index (κ2) is 6.77. The van der Waals surface area contributed by atoms with E-state index in [1.165, 1.54) is 0 Å². The molecular formula is C15H20ClN3O. The molecule has 1 aromatic carbocycles. The number of nitrogens with one attached hydrogen (secondary N) is 2. The predicted molar refractivity (Wildman–Crippen MR) is 83.4 cm³/mol. The topological polar surface area (TPSA) is 48.1 Å². The van der Waals surface area contributed by atoms with E-state index in [1.807, 2.05) is 24.3 Å². The van der Waals surface area contributed by atoms with Gasteiger partial charge in [0.15, 0.2) is 0 Å². The fourth-order valence-electron chi connectivity index (χ4n) is 2.19. The van der Waals surface area contributed by atoms with Crippen molar-refractivity contribution < 1.29 is 4.79 Å². The smallest absolute Gasteiger partial charge is 0.267 e. The average Bonchev–Trinajstić information content (AvgIpc) is 2.86. The molecule has 0 saturated carbocycles. The minimum atomic E-state index is -0.0792. The number of fused-ring (bicyclic) bond motifs is 1. The van der Waals surface area contributed by atoms with Crippen LogP contribution in [-0.4, -0.2) is 42.0 Å². The summed E-state index contributed by atoms with van der Waals surface area (Å²) in [7, 11) is 0. The van der Waals surface area contributed by atoms with Crippen LogP contribution in [0.15, 0.2) is 24.3 Å². The van der Waals surface area contributed by atoms with Gasteiger partial charge in [0, 0.05) is 29.0 Å². The van der Waals surface area contributed by atoms with Crippen LogP contribution < -0.4 is 5.32 Å². The third-order valence-electron chi connectivity index (χ3n) is 3.44. The lowest BCUT2D eigenvalue weighted by Crippen LogP contribution is -2.34. The third kappa shape index (κ3) is 3.52. The first-order chi connectivity index (χ1) is 9.63.